The van der Waals surface area contributed by atoms with Crippen molar-refractivity contribution < 1.29 is 54.2 Å². The van der Waals surface area contributed by atoms with Gasteiger partial charge in [-0.3, -0.25) is 8.78 Å². The Hall–Kier alpha value is -1.89. The van der Waals surface area contributed by atoms with Gasteiger partial charge in [-0.15, -0.1) is 12.1 Å². The van der Waals surface area contributed by atoms with E-state index in [1.807, 2.05) is 0 Å². The van der Waals surface area contributed by atoms with E-state index in [0.29, 0.717) is 5.69 Å². The SMILES string of the molecule is CC(C)(C)OC(=O)N1CC[C@@H](NC(=O)Nc2ccc(Cl)nc2)C(c2c(F)c[c-]cc2F)C1.[U]. The van der Waals surface area contributed by atoms with E-state index in [2.05, 4.69) is 21.7 Å². The molecule has 0 aliphatic carbocycles. The first-order valence-corrected chi connectivity index (χ1v) is 10.4. The Balaban J connectivity index is 0.00000385. The van der Waals surface area contributed by atoms with Crippen molar-refractivity contribution in [3.05, 3.63) is 58.9 Å². The van der Waals surface area contributed by atoms with E-state index in [1.165, 1.54) is 17.2 Å². The van der Waals surface area contributed by atoms with Crippen LogP contribution in [0.3, 0.4) is 0 Å². The normalized spacial score (nSPS) is 18.2. The minimum Gasteiger partial charge on any atom is -0.444 e. The number of pyridine rings is 1. The average Bonchev–Trinajstić information content (AvgIpc) is 2.69. The monoisotopic (exact) mass is 703 g/mol. The van der Waals surface area contributed by atoms with E-state index in [4.69, 9.17) is 16.3 Å². The molecule has 0 radical (unpaired) electrons. The van der Waals surface area contributed by atoms with Crippen molar-refractivity contribution in [3.63, 3.8) is 0 Å². The molecule has 0 saturated carbocycles. The number of ether oxygens (including phenoxy) is 1. The fourth-order valence-corrected chi connectivity index (χ4v) is 3.62. The zero-order valence-electron chi connectivity index (χ0n) is 18.4. The number of amides is 3. The number of carbonyl (C=O) groups excluding carboxylic acids is 2. The zero-order chi connectivity index (χ0) is 23.5. The Morgan fingerprint density at radius 2 is 1.91 bits per heavy atom. The first-order chi connectivity index (χ1) is 15.0. The van der Waals surface area contributed by atoms with Gasteiger partial charge in [0, 0.05) is 67.8 Å². The average molecular weight is 704 g/mol. The zero-order valence-corrected chi connectivity index (χ0v) is 23.3. The second-order valence-electron chi connectivity index (χ2n) is 8.46. The molecule has 1 unspecified atom stereocenters. The molecule has 33 heavy (non-hydrogen) atoms. The summed E-state index contributed by atoms with van der Waals surface area (Å²) in [6, 6.07) is 6.33. The predicted octanol–water partition coefficient (Wildman–Crippen LogP) is 4.73. The Bertz CT molecular complexity index is 968. The summed E-state index contributed by atoms with van der Waals surface area (Å²) in [5.41, 5.74) is -0.524. The van der Waals surface area contributed by atoms with Crippen LogP contribution in [0.15, 0.2) is 30.5 Å². The number of nitrogens with one attached hydrogen (secondary N) is 2. The molecule has 2 atom stereocenters. The van der Waals surface area contributed by atoms with Gasteiger partial charge in [0.15, 0.2) is 0 Å². The number of rotatable bonds is 3. The van der Waals surface area contributed by atoms with Gasteiger partial charge in [0.25, 0.3) is 0 Å². The maximum absolute atomic E-state index is 14.6. The number of hydrogen-bond donors (Lipinski definition) is 2. The second kappa shape index (κ2) is 11.5. The quantitative estimate of drug-likeness (QED) is 0.358. The van der Waals surface area contributed by atoms with Crippen molar-refractivity contribution in [2.75, 3.05) is 18.4 Å². The van der Waals surface area contributed by atoms with Crippen LogP contribution in [-0.2, 0) is 4.74 Å². The van der Waals surface area contributed by atoms with Crippen LogP contribution in [0, 0.1) is 48.8 Å². The fraction of sp³-hybridized carbons (Fsp3) is 0.409. The fourth-order valence-electron chi connectivity index (χ4n) is 3.51. The molecule has 1 aromatic carbocycles. The molecule has 1 aromatic heterocycles. The molecule has 0 spiro atoms. The summed E-state index contributed by atoms with van der Waals surface area (Å²) in [4.78, 5) is 30.4. The molecule has 2 heterocycles. The van der Waals surface area contributed by atoms with Gasteiger partial charge in [0.1, 0.15) is 10.8 Å². The van der Waals surface area contributed by atoms with Crippen LogP contribution in [0.1, 0.15) is 38.7 Å². The van der Waals surface area contributed by atoms with E-state index >= 15 is 0 Å². The maximum atomic E-state index is 14.6. The van der Waals surface area contributed by atoms with Crippen molar-refractivity contribution in [2.45, 2.75) is 44.8 Å². The molecule has 1 aliphatic heterocycles. The van der Waals surface area contributed by atoms with Crippen LogP contribution < -0.4 is 10.6 Å². The van der Waals surface area contributed by atoms with Crippen LogP contribution in [0.4, 0.5) is 24.1 Å². The second-order valence-corrected chi connectivity index (χ2v) is 8.85. The van der Waals surface area contributed by atoms with Crippen LogP contribution in [0.5, 0.6) is 0 Å². The van der Waals surface area contributed by atoms with E-state index < -0.39 is 41.3 Å². The molecule has 1 fully saturated rings. The molecule has 7 nitrogen and oxygen atoms in total. The van der Waals surface area contributed by atoms with E-state index in [9.17, 15) is 18.4 Å². The molecule has 2 N–H and O–H groups in total. The number of carbonyl (C=O) groups is 2. The van der Waals surface area contributed by atoms with Crippen LogP contribution in [0.2, 0.25) is 5.15 Å². The molecule has 0 bridgehead atoms. The molecule has 2 aromatic rings. The number of halogens is 3. The summed E-state index contributed by atoms with van der Waals surface area (Å²) in [5.74, 6) is -2.43. The molecule has 11 heteroatoms. The Labute approximate surface area is 220 Å². The Kier molecular flexibility index (Phi) is 9.53. The van der Waals surface area contributed by atoms with Crippen molar-refractivity contribution in [1.29, 1.82) is 0 Å². The number of piperidine rings is 1. The van der Waals surface area contributed by atoms with E-state index in [1.54, 1.807) is 26.8 Å². The topological polar surface area (TPSA) is 83.6 Å². The first-order valence-electron chi connectivity index (χ1n) is 10.1. The number of nitrogens with zero attached hydrogens (tertiary/aromatic N) is 2. The Morgan fingerprint density at radius 3 is 2.48 bits per heavy atom. The van der Waals surface area contributed by atoms with Crippen LogP contribution >= 0.6 is 11.6 Å². The van der Waals surface area contributed by atoms with Crippen molar-refractivity contribution >= 4 is 29.4 Å². The maximum Gasteiger partial charge on any atom is 0.410 e. The van der Waals surface area contributed by atoms with Crippen molar-refractivity contribution in [3.8, 4) is 0 Å². The van der Waals surface area contributed by atoms with Crippen LogP contribution in [0.25, 0.3) is 0 Å². The van der Waals surface area contributed by atoms with E-state index in [0.717, 1.165) is 12.1 Å². The molecule has 1 aliphatic rings. The summed E-state index contributed by atoms with van der Waals surface area (Å²) in [5, 5.41) is 5.65. The Morgan fingerprint density at radius 1 is 1.24 bits per heavy atom. The number of aromatic nitrogens is 1. The third-order valence-corrected chi connectivity index (χ3v) is 5.10. The van der Waals surface area contributed by atoms with Gasteiger partial charge in [0.2, 0.25) is 0 Å². The molecule has 3 amide bonds. The number of hydrogen-bond acceptors (Lipinski definition) is 4. The molecular formula is C22H24ClF2N4O3U-. The molecule has 176 valence electrons. The van der Waals surface area contributed by atoms with Gasteiger partial charge < -0.3 is 20.3 Å². The summed E-state index contributed by atoms with van der Waals surface area (Å²) in [6.07, 6.45) is 1.07. The molecular weight excluding hydrogens is 680 g/mol. The van der Waals surface area contributed by atoms with Gasteiger partial charge in [-0.2, -0.15) is 6.07 Å². The summed E-state index contributed by atoms with van der Waals surface area (Å²) < 4.78 is 34.6. The largest absolute Gasteiger partial charge is 0.444 e. The number of likely N-dealkylation sites (tertiary alicyclic amines) is 1. The first kappa shape index (κ1) is 27.4. The standard InChI is InChI=1S/C22H24ClF2N4O3.U/c1-22(2,3)32-21(31)29-10-9-17(14(12-29)19-15(24)5-4-6-16(19)25)28-20(30)27-13-7-8-18(23)26-11-13;/h5-8,11,14,17H,9-10,12H2,1-3H3,(H2,27,28,30);/q-1;/t14?,17-;/m1./s1. The summed E-state index contributed by atoms with van der Waals surface area (Å²) in [7, 11) is 0. The van der Waals surface area contributed by atoms with Crippen molar-refractivity contribution in [2.24, 2.45) is 0 Å². The number of urea groups is 1. The molecule has 3 rings (SSSR count). The minimum absolute atomic E-state index is 0. The van der Waals surface area contributed by atoms with Gasteiger partial charge in [-0.1, -0.05) is 17.2 Å². The predicted molar refractivity (Wildman–Crippen MR) is 116 cm³/mol. The smallest absolute Gasteiger partial charge is 0.410 e. The van der Waals surface area contributed by atoms with Crippen LogP contribution in [-0.4, -0.2) is 46.7 Å². The van der Waals surface area contributed by atoms with Gasteiger partial charge >= 0.3 is 12.1 Å². The van der Waals surface area contributed by atoms with Gasteiger partial charge in [-0.25, -0.2) is 14.6 Å². The third kappa shape index (κ3) is 7.56. The minimum atomic E-state index is -0.833. The summed E-state index contributed by atoms with van der Waals surface area (Å²) >= 11 is 5.74. The van der Waals surface area contributed by atoms with Gasteiger partial charge in [0.05, 0.1) is 11.9 Å². The van der Waals surface area contributed by atoms with E-state index in [-0.39, 0.29) is 61.3 Å². The number of anilines is 1. The molecule has 1 saturated heterocycles. The third-order valence-electron chi connectivity index (χ3n) is 4.87. The summed E-state index contributed by atoms with van der Waals surface area (Å²) in [6.45, 7) is 5.43. The van der Waals surface area contributed by atoms with Gasteiger partial charge in [-0.05, 0) is 39.3 Å². The number of benzene rings is 1. The van der Waals surface area contributed by atoms with Crippen molar-refractivity contribution in [1.82, 2.24) is 15.2 Å².